The lowest BCUT2D eigenvalue weighted by atomic mass is 9.76. The van der Waals surface area contributed by atoms with Crippen LogP contribution in [0.1, 0.15) is 24.2 Å². The van der Waals surface area contributed by atoms with E-state index in [2.05, 4.69) is 0 Å². The number of ether oxygens (including phenoxy) is 3. The van der Waals surface area contributed by atoms with Crippen molar-refractivity contribution in [2.75, 3.05) is 4.90 Å². The lowest BCUT2D eigenvalue weighted by molar-refractivity contribution is -0.226. The summed E-state index contributed by atoms with van der Waals surface area (Å²) in [7, 11) is 0. The van der Waals surface area contributed by atoms with E-state index in [9.17, 15) is 29.1 Å². The van der Waals surface area contributed by atoms with Crippen LogP contribution in [-0.4, -0.2) is 52.8 Å². The maximum Gasteiger partial charge on any atom is 0.337 e. The molecule has 31 heavy (non-hydrogen) atoms. The highest BCUT2D eigenvalue weighted by molar-refractivity contribution is 6.34. The van der Waals surface area contributed by atoms with Gasteiger partial charge in [0.2, 0.25) is 11.8 Å². The van der Waals surface area contributed by atoms with Crippen LogP contribution in [0.15, 0.2) is 30.4 Å². The maximum atomic E-state index is 13.4. The molecular formula is C20H16ClNO9. The number of nitrogens with zero attached hydrogens (tertiary/aromatic N) is 1. The monoisotopic (exact) mass is 449 g/mol. The number of carboxylic acid groups (broad SMARTS) is 1. The van der Waals surface area contributed by atoms with Crippen molar-refractivity contribution in [3.63, 3.8) is 0 Å². The standard InChI is InChI=1S/C20H16ClNO9/c1-8(23)29-19(30-9(2)24)20-6-5-13(31-20)14-15(20)17(26)22(16(14)25)10-3-4-12(21)11(7-10)18(27)28/h3-7,13-15,19H,1-2H3,(H,27,28)/t13-,14-,15-,20-/m1/s1. The molecule has 4 atom stereocenters. The summed E-state index contributed by atoms with van der Waals surface area (Å²) in [6.07, 6.45) is 0.594. The number of hydrogen-bond donors (Lipinski definition) is 1. The summed E-state index contributed by atoms with van der Waals surface area (Å²) in [6.45, 7) is 2.20. The number of hydrogen-bond acceptors (Lipinski definition) is 8. The van der Waals surface area contributed by atoms with Gasteiger partial charge in [0.15, 0.2) is 5.60 Å². The van der Waals surface area contributed by atoms with Crippen LogP contribution in [-0.2, 0) is 33.4 Å². The van der Waals surface area contributed by atoms with Crippen molar-refractivity contribution in [2.24, 2.45) is 11.8 Å². The Hall–Kier alpha value is -3.24. The van der Waals surface area contributed by atoms with Crippen molar-refractivity contribution in [3.8, 4) is 0 Å². The predicted molar refractivity (Wildman–Crippen MR) is 102 cm³/mol. The number of imide groups is 1. The molecular weight excluding hydrogens is 434 g/mol. The van der Waals surface area contributed by atoms with Crippen LogP contribution < -0.4 is 4.90 Å². The van der Waals surface area contributed by atoms with Crippen LogP contribution in [0.5, 0.6) is 0 Å². The fraction of sp³-hybridized carbons (Fsp3) is 0.350. The minimum atomic E-state index is -1.68. The highest BCUT2D eigenvalue weighted by atomic mass is 35.5. The molecule has 2 amide bonds. The molecule has 1 aromatic carbocycles. The van der Waals surface area contributed by atoms with Gasteiger partial charge in [0.05, 0.1) is 34.2 Å². The summed E-state index contributed by atoms with van der Waals surface area (Å²) in [5, 5.41) is 9.25. The van der Waals surface area contributed by atoms with Gasteiger partial charge in [-0.25, -0.2) is 9.69 Å². The minimum Gasteiger partial charge on any atom is -0.478 e. The molecule has 3 aliphatic heterocycles. The van der Waals surface area contributed by atoms with Crippen LogP contribution in [0, 0.1) is 11.8 Å². The third kappa shape index (κ3) is 3.10. The normalized spacial score (nSPS) is 28.3. The molecule has 1 aromatic rings. The lowest BCUT2D eigenvalue weighted by Gasteiger charge is -2.34. The number of fused-ring (bicyclic) bond motifs is 5. The van der Waals surface area contributed by atoms with Gasteiger partial charge in [-0.1, -0.05) is 17.7 Å². The fourth-order valence-corrected chi connectivity index (χ4v) is 4.49. The molecule has 10 nitrogen and oxygen atoms in total. The Labute approximate surface area is 180 Å². The van der Waals surface area contributed by atoms with Gasteiger partial charge in [-0.15, -0.1) is 0 Å². The molecule has 0 spiro atoms. The van der Waals surface area contributed by atoms with Gasteiger partial charge in [0.25, 0.3) is 6.29 Å². The second-order valence-electron chi connectivity index (χ2n) is 7.33. The highest BCUT2D eigenvalue weighted by Gasteiger charge is 2.72. The van der Waals surface area contributed by atoms with Crippen LogP contribution in [0.25, 0.3) is 0 Å². The largest absolute Gasteiger partial charge is 0.478 e. The van der Waals surface area contributed by atoms with Crippen molar-refractivity contribution in [3.05, 3.63) is 40.9 Å². The first-order valence-corrected chi connectivity index (χ1v) is 9.57. The summed E-state index contributed by atoms with van der Waals surface area (Å²) < 4.78 is 16.1. The molecule has 4 rings (SSSR count). The molecule has 1 N–H and O–H groups in total. The van der Waals surface area contributed by atoms with E-state index in [0.717, 1.165) is 24.8 Å². The van der Waals surface area contributed by atoms with E-state index in [-0.39, 0.29) is 16.3 Å². The number of carboxylic acids is 1. The van der Waals surface area contributed by atoms with Gasteiger partial charge in [-0.05, 0) is 24.3 Å². The van der Waals surface area contributed by atoms with Crippen molar-refractivity contribution < 1.29 is 43.3 Å². The molecule has 0 unspecified atom stereocenters. The first-order chi connectivity index (χ1) is 14.6. The maximum absolute atomic E-state index is 13.4. The Morgan fingerprint density at radius 3 is 2.39 bits per heavy atom. The average Bonchev–Trinajstić information content (AvgIpc) is 3.32. The average molecular weight is 450 g/mol. The van der Waals surface area contributed by atoms with Crippen molar-refractivity contribution >= 4 is 47.0 Å². The molecule has 0 radical (unpaired) electrons. The van der Waals surface area contributed by atoms with E-state index in [4.69, 9.17) is 25.8 Å². The number of rotatable bonds is 5. The molecule has 2 fully saturated rings. The van der Waals surface area contributed by atoms with E-state index in [1.807, 2.05) is 0 Å². The van der Waals surface area contributed by atoms with E-state index in [0.29, 0.717) is 0 Å². The van der Waals surface area contributed by atoms with E-state index in [1.165, 1.54) is 18.2 Å². The lowest BCUT2D eigenvalue weighted by Crippen LogP contribution is -2.52. The SMILES string of the molecule is CC(=O)OC(OC(C)=O)[C@]12C=C[C@@H](O1)[C@H]1C(=O)N(c3ccc(Cl)c(C(=O)O)c3)C(=O)[C@@H]12. The summed E-state index contributed by atoms with van der Waals surface area (Å²) in [5.74, 6) is -6.31. The molecule has 11 heteroatoms. The van der Waals surface area contributed by atoms with Gasteiger partial charge in [0.1, 0.15) is 0 Å². The molecule has 162 valence electrons. The van der Waals surface area contributed by atoms with Crippen LogP contribution in [0.3, 0.4) is 0 Å². The van der Waals surface area contributed by atoms with Gasteiger partial charge in [-0.3, -0.25) is 19.2 Å². The Morgan fingerprint density at radius 2 is 1.81 bits per heavy atom. The number of halogens is 1. The Morgan fingerprint density at radius 1 is 1.16 bits per heavy atom. The van der Waals surface area contributed by atoms with Gasteiger partial charge in [-0.2, -0.15) is 0 Å². The number of anilines is 1. The Balaban J connectivity index is 1.76. The molecule has 3 aliphatic rings. The zero-order chi connectivity index (χ0) is 22.7. The van der Waals surface area contributed by atoms with E-state index in [1.54, 1.807) is 6.08 Å². The number of esters is 2. The first kappa shape index (κ1) is 21.0. The number of benzene rings is 1. The molecule has 2 saturated heterocycles. The zero-order valence-corrected chi connectivity index (χ0v) is 17.0. The summed E-state index contributed by atoms with van der Waals surface area (Å²) in [4.78, 5) is 62.0. The summed E-state index contributed by atoms with van der Waals surface area (Å²) in [5.41, 5.74) is -1.94. The summed E-state index contributed by atoms with van der Waals surface area (Å²) in [6, 6.07) is 3.75. The molecule has 0 saturated carbocycles. The van der Waals surface area contributed by atoms with Crippen molar-refractivity contribution in [1.29, 1.82) is 0 Å². The number of carbonyl (C=O) groups excluding carboxylic acids is 4. The van der Waals surface area contributed by atoms with E-state index >= 15 is 0 Å². The van der Waals surface area contributed by atoms with Crippen molar-refractivity contribution in [2.45, 2.75) is 31.8 Å². The minimum absolute atomic E-state index is 0.0253. The first-order valence-electron chi connectivity index (χ1n) is 9.19. The zero-order valence-electron chi connectivity index (χ0n) is 16.2. The topological polar surface area (TPSA) is 137 Å². The molecule has 0 aliphatic carbocycles. The smallest absolute Gasteiger partial charge is 0.337 e. The quantitative estimate of drug-likeness (QED) is 0.305. The van der Waals surface area contributed by atoms with Crippen molar-refractivity contribution in [1.82, 2.24) is 0 Å². The Bertz CT molecular complexity index is 1050. The molecule has 2 bridgehead atoms. The number of amides is 2. The fourth-order valence-electron chi connectivity index (χ4n) is 4.29. The van der Waals surface area contributed by atoms with Gasteiger partial charge in [0, 0.05) is 13.8 Å². The second kappa shape index (κ2) is 7.17. The third-order valence-electron chi connectivity index (χ3n) is 5.43. The van der Waals surface area contributed by atoms with Gasteiger partial charge < -0.3 is 19.3 Å². The van der Waals surface area contributed by atoms with E-state index < -0.39 is 59.6 Å². The van der Waals surface area contributed by atoms with Gasteiger partial charge >= 0.3 is 17.9 Å². The van der Waals surface area contributed by atoms with Crippen LogP contribution in [0.4, 0.5) is 5.69 Å². The number of carbonyl (C=O) groups is 5. The summed E-state index contributed by atoms with van der Waals surface area (Å²) >= 11 is 5.89. The Kier molecular flexibility index (Phi) is 4.86. The predicted octanol–water partition coefficient (Wildman–Crippen LogP) is 1.30. The van der Waals surface area contributed by atoms with Crippen LogP contribution >= 0.6 is 11.6 Å². The molecule has 0 aromatic heterocycles. The van der Waals surface area contributed by atoms with Crippen LogP contribution in [0.2, 0.25) is 5.02 Å². The molecule has 3 heterocycles. The second-order valence-corrected chi connectivity index (χ2v) is 7.74. The number of aromatic carboxylic acids is 1. The third-order valence-corrected chi connectivity index (χ3v) is 5.76. The highest BCUT2D eigenvalue weighted by Crippen LogP contribution is 2.54.